The van der Waals surface area contributed by atoms with E-state index in [1.54, 1.807) is 0 Å². The fourth-order valence-electron chi connectivity index (χ4n) is 1.67. The molecule has 2 rings (SSSR count). The standard InChI is InChI=1S/C14H4Cl2I2S2/c15-13-9(5-7-19-17)1-3-11-12(13)4-2-10(14(11)16)6-8-20-18/h1-4H. The molecule has 0 saturated heterocycles. The molecule has 100 valence electrons. The quantitative estimate of drug-likeness (QED) is 0.253. The molecule has 0 aliphatic rings. The predicted molar refractivity (Wildman–Crippen MR) is 111 cm³/mol. The summed E-state index contributed by atoms with van der Waals surface area (Å²) in [6.07, 6.45) is 0. The second-order valence-corrected chi connectivity index (χ2v) is 7.67. The van der Waals surface area contributed by atoms with Gasteiger partial charge >= 0.3 is 0 Å². The molecule has 0 spiro atoms. The van der Waals surface area contributed by atoms with Crippen LogP contribution in [0.4, 0.5) is 0 Å². The van der Waals surface area contributed by atoms with Crippen LogP contribution in [0.15, 0.2) is 24.3 Å². The first-order chi connectivity index (χ1) is 9.69. The van der Waals surface area contributed by atoms with E-state index in [4.69, 9.17) is 23.2 Å². The molecule has 0 bridgehead atoms. The Morgan fingerprint density at radius 1 is 0.750 bits per heavy atom. The van der Waals surface area contributed by atoms with Gasteiger partial charge in [0.25, 0.3) is 0 Å². The van der Waals surface area contributed by atoms with Crippen molar-refractivity contribution in [2.75, 3.05) is 0 Å². The average Bonchev–Trinajstić information content (AvgIpc) is 2.46. The van der Waals surface area contributed by atoms with Gasteiger partial charge in [-0.25, -0.2) is 0 Å². The highest BCUT2D eigenvalue weighted by Gasteiger charge is 2.09. The van der Waals surface area contributed by atoms with Crippen molar-refractivity contribution >= 4 is 94.3 Å². The number of hydrogen-bond acceptors (Lipinski definition) is 2. The first-order valence-corrected chi connectivity index (χ1v) is 12.6. The summed E-state index contributed by atoms with van der Waals surface area (Å²) in [4.78, 5) is 0. The molecule has 0 amide bonds. The van der Waals surface area contributed by atoms with Crippen molar-refractivity contribution in [2.45, 2.75) is 0 Å². The molecule has 2 aromatic carbocycles. The minimum atomic E-state index is 0.630. The van der Waals surface area contributed by atoms with E-state index < -0.39 is 0 Å². The van der Waals surface area contributed by atoms with Crippen LogP contribution in [0.3, 0.4) is 0 Å². The monoisotopic (exact) mass is 560 g/mol. The first-order valence-electron chi connectivity index (χ1n) is 5.17. The summed E-state index contributed by atoms with van der Waals surface area (Å²) in [7, 11) is 2.86. The Kier molecular flexibility index (Phi) is 6.99. The van der Waals surface area contributed by atoms with E-state index >= 15 is 0 Å². The summed E-state index contributed by atoms with van der Waals surface area (Å²) < 4.78 is 0. The highest BCUT2D eigenvalue weighted by Crippen LogP contribution is 2.33. The molecule has 6 heteroatoms. The maximum Gasteiger partial charge on any atom is 0.0641 e. The molecule has 0 fully saturated rings. The highest BCUT2D eigenvalue weighted by atomic mass is 127. The van der Waals surface area contributed by atoms with Gasteiger partial charge in [-0.15, -0.1) is 0 Å². The van der Waals surface area contributed by atoms with E-state index in [0.717, 1.165) is 21.9 Å². The van der Waals surface area contributed by atoms with E-state index in [1.807, 2.05) is 24.3 Å². The van der Waals surface area contributed by atoms with Crippen molar-refractivity contribution in [3.05, 3.63) is 45.4 Å². The Morgan fingerprint density at radius 2 is 1.15 bits per heavy atom. The molecule has 0 nitrogen and oxygen atoms in total. The molecule has 0 N–H and O–H groups in total. The number of rotatable bonds is 0. The van der Waals surface area contributed by atoms with E-state index in [0.29, 0.717) is 10.0 Å². The molecule has 0 saturated carbocycles. The Morgan fingerprint density at radius 3 is 1.50 bits per heavy atom. The van der Waals surface area contributed by atoms with Gasteiger partial charge in [0, 0.05) is 64.3 Å². The third-order valence-electron chi connectivity index (χ3n) is 2.52. The highest BCUT2D eigenvalue weighted by molar-refractivity contribution is 14.2. The Labute approximate surface area is 160 Å². The topological polar surface area (TPSA) is 0 Å². The molecule has 2 aromatic rings. The number of fused-ring (bicyclic) bond motifs is 1. The van der Waals surface area contributed by atoms with Gasteiger partial charge in [-0.05, 0) is 40.5 Å². The van der Waals surface area contributed by atoms with Gasteiger partial charge in [0.1, 0.15) is 0 Å². The van der Waals surface area contributed by atoms with Crippen LogP contribution < -0.4 is 0 Å². The van der Waals surface area contributed by atoms with Crippen LogP contribution in [0.1, 0.15) is 11.1 Å². The van der Waals surface area contributed by atoms with Gasteiger partial charge in [0.05, 0.1) is 10.0 Å². The lowest BCUT2D eigenvalue weighted by atomic mass is 10.0. The van der Waals surface area contributed by atoms with Crippen LogP contribution in [-0.4, -0.2) is 0 Å². The Bertz CT molecular complexity index is 716. The van der Waals surface area contributed by atoms with Gasteiger partial charge in [0.2, 0.25) is 0 Å². The molecule has 0 aliphatic carbocycles. The van der Waals surface area contributed by atoms with Crippen LogP contribution >= 0.6 is 83.5 Å². The lowest BCUT2D eigenvalue weighted by Gasteiger charge is -2.06. The second-order valence-electron chi connectivity index (χ2n) is 3.56. The normalized spacial score (nSPS) is 9.60. The van der Waals surface area contributed by atoms with Crippen LogP contribution in [0.2, 0.25) is 10.0 Å². The minimum Gasteiger partial charge on any atom is -0.0823 e. The van der Waals surface area contributed by atoms with Crippen molar-refractivity contribution in [2.24, 2.45) is 0 Å². The number of halogens is 4. The first kappa shape index (κ1) is 16.9. The van der Waals surface area contributed by atoms with Crippen molar-refractivity contribution in [1.29, 1.82) is 0 Å². The average molecular weight is 561 g/mol. The van der Waals surface area contributed by atoms with E-state index in [1.165, 1.54) is 17.9 Å². The molecule has 0 radical (unpaired) electrons. The molecule has 20 heavy (non-hydrogen) atoms. The van der Waals surface area contributed by atoms with E-state index in [9.17, 15) is 0 Å². The van der Waals surface area contributed by atoms with Gasteiger partial charge in [-0.1, -0.05) is 47.2 Å². The van der Waals surface area contributed by atoms with Gasteiger partial charge in [-0.3, -0.25) is 0 Å². The molecular weight excluding hydrogens is 557 g/mol. The van der Waals surface area contributed by atoms with Crippen molar-refractivity contribution in [1.82, 2.24) is 0 Å². The smallest absolute Gasteiger partial charge is 0.0641 e. The lowest BCUT2D eigenvalue weighted by Crippen LogP contribution is -1.85. The van der Waals surface area contributed by atoms with Gasteiger partial charge in [-0.2, -0.15) is 0 Å². The summed E-state index contributed by atoms with van der Waals surface area (Å²) in [6.45, 7) is 0. The largest absolute Gasteiger partial charge is 0.0823 e. The molecule has 0 unspecified atom stereocenters. The molecular formula is C14H4Cl2I2S2. The van der Waals surface area contributed by atoms with E-state index in [2.05, 4.69) is 64.8 Å². The maximum absolute atomic E-state index is 6.39. The lowest BCUT2D eigenvalue weighted by molar-refractivity contribution is 1.66. The number of benzene rings is 2. The molecule has 0 aliphatic heterocycles. The SMILES string of the molecule is Clc1c(C#CSI)ccc2c(Cl)c(C#CSI)ccc12. The summed E-state index contributed by atoms with van der Waals surface area (Å²) in [5.41, 5.74) is 1.61. The Balaban J connectivity index is 2.65. The van der Waals surface area contributed by atoms with Crippen LogP contribution in [0.5, 0.6) is 0 Å². The fraction of sp³-hybridized carbons (Fsp3) is 0. The van der Waals surface area contributed by atoms with Crippen LogP contribution in [0.25, 0.3) is 10.8 Å². The van der Waals surface area contributed by atoms with Gasteiger partial charge < -0.3 is 0 Å². The van der Waals surface area contributed by atoms with Crippen molar-refractivity contribution in [3.8, 4) is 22.3 Å². The second kappa shape index (κ2) is 8.26. The van der Waals surface area contributed by atoms with Crippen LogP contribution in [0, 0.1) is 22.3 Å². The summed E-state index contributed by atoms with van der Waals surface area (Å²) >= 11 is 17.0. The third kappa shape index (κ3) is 3.85. The molecule has 0 aromatic heterocycles. The zero-order valence-corrected chi connectivity index (χ0v) is 17.1. The zero-order valence-electron chi connectivity index (χ0n) is 9.64. The molecule has 0 atom stereocenters. The third-order valence-corrected chi connectivity index (χ3v) is 5.01. The summed E-state index contributed by atoms with van der Waals surface area (Å²) in [5, 5.41) is 8.92. The molecule has 0 heterocycles. The summed E-state index contributed by atoms with van der Waals surface area (Å²) in [5.74, 6) is 6.04. The summed E-state index contributed by atoms with van der Waals surface area (Å²) in [6, 6.07) is 7.66. The van der Waals surface area contributed by atoms with Gasteiger partial charge in [0.15, 0.2) is 0 Å². The predicted octanol–water partition coefficient (Wildman–Crippen LogP) is 6.93. The van der Waals surface area contributed by atoms with E-state index in [-0.39, 0.29) is 0 Å². The Hall–Kier alpha value is 0.560. The van der Waals surface area contributed by atoms with Crippen LogP contribution in [-0.2, 0) is 0 Å². The minimum absolute atomic E-state index is 0.630. The number of hydrogen-bond donors (Lipinski definition) is 0. The van der Waals surface area contributed by atoms with Crippen molar-refractivity contribution in [3.63, 3.8) is 0 Å². The fourth-order valence-corrected chi connectivity index (χ4v) is 3.18. The zero-order chi connectivity index (χ0) is 14.5. The maximum atomic E-state index is 6.39. The van der Waals surface area contributed by atoms with Crippen molar-refractivity contribution < 1.29 is 0 Å².